The van der Waals surface area contributed by atoms with Crippen molar-refractivity contribution in [3.8, 4) is 22.4 Å². The van der Waals surface area contributed by atoms with Gasteiger partial charge < -0.3 is 31.2 Å². The Morgan fingerprint density at radius 3 is 2.29 bits per heavy atom. The third-order valence-corrected chi connectivity index (χ3v) is 10.8. The van der Waals surface area contributed by atoms with Gasteiger partial charge in [0.1, 0.15) is 17.8 Å². The van der Waals surface area contributed by atoms with Gasteiger partial charge in [0.2, 0.25) is 11.8 Å². The molecule has 3 aromatic carbocycles. The van der Waals surface area contributed by atoms with Crippen LogP contribution in [0.2, 0.25) is 0 Å². The van der Waals surface area contributed by atoms with Gasteiger partial charge in [-0.1, -0.05) is 65.0 Å². The van der Waals surface area contributed by atoms with Crippen LogP contribution in [-0.4, -0.2) is 74.9 Å². The summed E-state index contributed by atoms with van der Waals surface area (Å²) in [5, 5.41) is 2.22. The molecule has 296 valence electrons. The SMILES string of the molecule is CCC(c1nc2c(ccc3cc(-c4ccc(-c5cnc(C6CC(F)CN6C(=O)CC(C)C)[nH]5)c5c4CCC5)ccc32)[nH]1)N(CC)C(=O)CC(C)C.CN.CN. The minimum absolute atomic E-state index is 0.0101. The third kappa shape index (κ3) is 8.63. The van der Waals surface area contributed by atoms with Crippen LogP contribution in [0.25, 0.3) is 44.2 Å². The number of imidazole rings is 2. The molecule has 3 heterocycles. The molecule has 2 amide bonds. The normalized spacial score (nSPS) is 16.9. The molecule has 3 unspecified atom stereocenters. The summed E-state index contributed by atoms with van der Waals surface area (Å²) in [5.41, 5.74) is 18.1. The Morgan fingerprint density at radius 2 is 1.62 bits per heavy atom. The molecule has 0 bridgehead atoms. The molecule has 0 saturated carbocycles. The Morgan fingerprint density at radius 1 is 0.927 bits per heavy atom. The molecule has 0 spiro atoms. The van der Waals surface area contributed by atoms with E-state index in [-0.39, 0.29) is 42.8 Å². The van der Waals surface area contributed by atoms with Crippen LogP contribution in [0.5, 0.6) is 0 Å². The molecular weight excluding hydrogens is 692 g/mol. The van der Waals surface area contributed by atoms with E-state index in [0.29, 0.717) is 31.1 Å². The van der Waals surface area contributed by atoms with Gasteiger partial charge >= 0.3 is 0 Å². The number of carbonyl (C=O) groups excluding carboxylic acids is 2. The minimum Gasteiger partial charge on any atom is -0.340 e. The van der Waals surface area contributed by atoms with Crippen LogP contribution in [0, 0.1) is 11.8 Å². The van der Waals surface area contributed by atoms with Gasteiger partial charge in [0, 0.05) is 36.8 Å². The predicted octanol–water partition coefficient (Wildman–Crippen LogP) is 8.42. The molecule has 2 aromatic heterocycles. The van der Waals surface area contributed by atoms with E-state index in [1.165, 1.54) is 36.3 Å². The summed E-state index contributed by atoms with van der Waals surface area (Å²) < 4.78 is 14.6. The number of rotatable bonds is 11. The minimum atomic E-state index is -1.04. The number of halogens is 1. The fourth-order valence-corrected chi connectivity index (χ4v) is 8.40. The summed E-state index contributed by atoms with van der Waals surface area (Å²) in [7, 11) is 3.00. The molecule has 1 aliphatic carbocycles. The molecule has 0 radical (unpaired) electrons. The Balaban J connectivity index is 0.00000140. The Bertz CT molecular complexity index is 2080. The highest BCUT2D eigenvalue weighted by Crippen LogP contribution is 2.41. The van der Waals surface area contributed by atoms with Crippen molar-refractivity contribution in [2.24, 2.45) is 23.3 Å². The zero-order chi connectivity index (χ0) is 40.0. The number of amides is 2. The van der Waals surface area contributed by atoms with Crippen LogP contribution >= 0.6 is 0 Å². The number of likely N-dealkylation sites (tertiary alicyclic amines) is 1. The van der Waals surface area contributed by atoms with E-state index >= 15 is 0 Å². The number of nitrogens with one attached hydrogen (secondary N) is 2. The second-order valence-electron chi connectivity index (χ2n) is 15.4. The fraction of sp³-hybridized carbons (Fsp3) is 0.500. The van der Waals surface area contributed by atoms with E-state index in [2.05, 4.69) is 84.7 Å². The topological polar surface area (TPSA) is 150 Å². The summed E-state index contributed by atoms with van der Waals surface area (Å²) in [6, 6.07) is 14.9. The van der Waals surface area contributed by atoms with E-state index in [1.807, 2.05) is 31.9 Å². The number of hydrogen-bond donors (Lipinski definition) is 4. The Hall–Kier alpha value is -4.61. The molecule has 2 aliphatic rings. The number of aromatic amines is 2. The van der Waals surface area contributed by atoms with Crippen LogP contribution < -0.4 is 11.5 Å². The van der Waals surface area contributed by atoms with Gasteiger partial charge in [-0.3, -0.25) is 9.59 Å². The number of hydrogen-bond acceptors (Lipinski definition) is 6. The summed E-state index contributed by atoms with van der Waals surface area (Å²) in [6.45, 7) is 13.1. The first-order valence-corrected chi connectivity index (χ1v) is 20.1. The molecular formula is C44H61FN8O2. The van der Waals surface area contributed by atoms with Crippen LogP contribution in [0.1, 0.15) is 109 Å². The molecule has 5 aromatic rings. The standard InChI is InChI=1S/C42H51FN6O2.2CH5N/c1-7-36(48(8-2)38(50)18-24(3)4)42-45-34-17-13-27-20-26(12-14-30(27)40(34)47-42)29-15-16-33(32-11-9-10-31(29)32)35-22-44-41(46-35)37-21-28(43)23-49(37)39(51)19-25(5)6;2*1-2/h12-17,20,22,24-25,28,36-37H,7-11,18-19,21,23H2,1-6H3,(H,44,46)(H,45,47);2*2H2,1H3. The fourth-order valence-electron chi connectivity index (χ4n) is 8.40. The zero-order valence-corrected chi connectivity index (χ0v) is 34.0. The highest BCUT2D eigenvalue weighted by molar-refractivity contribution is 6.05. The first kappa shape index (κ1) is 41.6. The number of fused-ring (bicyclic) bond motifs is 4. The van der Waals surface area contributed by atoms with Gasteiger partial charge in [0.05, 0.1) is 41.6 Å². The van der Waals surface area contributed by atoms with Gasteiger partial charge in [0.25, 0.3) is 0 Å². The predicted molar refractivity (Wildman–Crippen MR) is 222 cm³/mol. The number of H-pyrrole nitrogens is 2. The van der Waals surface area contributed by atoms with Gasteiger partial charge in [-0.25, -0.2) is 14.4 Å². The third-order valence-electron chi connectivity index (χ3n) is 10.8. The average Bonchev–Trinajstić information content (AvgIpc) is 4.00. The van der Waals surface area contributed by atoms with Crippen molar-refractivity contribution in [2.45, 2.75) is 105 Å². The van der Waals surface area contributed by atoms with Gasteiger partial charge in [0.15, 0.2) is 0 Å². The number of aromatic nitrogens is 4. The lowest BCUT2D eigenvalue weighted by atomic mass is 9.91. The first-order chi connectivity index (χ1) is 26.6. The van der Waals surface area contributed by atoms with Crippen molar-refractivity contribution in [3.63, 3.8) is 0 Å². The van der Waals surface area contributed by atoms with E-state index in [1.54, 1.807) is 4.90 Å². The molecule has 1 fully saturated rings. The number of alkyl halides is 1. The molecule has 10 nitrogen and oxygen atoms in total. The number of nitrogens with two attached hydrogens (primary N) is 2. The Kier molecular flexibility index (Phi) is 13.9. The second kappa shape index (κ2) is 18.3. The molecule has 7 rings (SSSR count). The lowest BCUT2D eigenvalue weighted by Gasteiger charge is -2.29. The van der Waals surface area contributed by atoms with E-state index in [0.717, 1.165) is 64.6 Å². The van der Waals surface area contributed by atoms with E-state index in [9.17, 15) is 14.0 Å². The van der Waals surface area contributed by atoms with Crippen LogP contribution in [0.15, 0.2) is 48.7 Å². The second-order valence-corrected chi connectivity index (χ2v) is 15.4. The van der Waals surface area contributed by atoms with Gasteiger partial charge in [-0.05, 0) is 98.3 Å². The van der Waals surface area contributed by atoms with Crippen LogP contribution in [0.3, 0.4) is 0 Å². The Labute approximate surface area is 325 Å². The molecule has 1 saturated heterocycles. The lowest BCUT2D eigenvalue weighted by Crippen LogP contribution is -2.35. The largest absolute Gasteiger partial charge is 0.340 e. The van der Waals surface area contributed by atoms with Crippen LogP contribution in [-0.2, 0) is 22.4 Å². The van der Waals surface area contributed by atoms with Crippen molar-refractivity contribution in [3.05, 3.63) is 71.4 Å². The van der Waals surface area contributed by atoms with Gasteiger partial charge in [-0.2, -0.15) is 0 Å². The molecule has 1 aliphatic heterocycles. The molecule has 11 heteroatoms. The molecule has 55 heavy (non-hydrogen) atoms. The van der Waals surface area contributed by atoms with Crippen molar-refractivity contribution in [2.75, 3.05) is 27.2 Å². The number of carbonyl (C=O) groups is 2. The maximum absolute atomic E-state index is 14.6. The summed E-state index contributed by atoms with van der Waals surface area (Å²) in [5.74, 6) is 2.19. The van der Waals surface area contributed by atoms with Crippen LogP contribution in [0.4, 0.5) is 4.39 Å². The highest BCUT2D eigenvalue weighted by Gasteiger charge is 2.38. The van der Waals surface area contributed by atoms with Crippen molar-refractivity contribution in [1.29, 1.82) is 0 Å². The average molecular weight is 753 g/mol. The first-order valence-electron chi connectivity index (χ1n) is 20.1. The van der Waals surface area contributed by atoms with Crippen molar-refractivity contribution >= 4 is 33.6 Å². The van der Waals surface area contributed by atoms with Crippen molar-refractivity contribution < 1.29 is 14.0 Å². The maximum atomic E-state index is 14.6. The molecule has 3 atom stereocenters. The summed E-state index contributed by atoms with van der Waals surface area (Å²) >= 11 is 0. The van der Waals surface area contributed by atoms with Crippen molar-refractivity contribution in [1.82, 2.24) is 29.7 Å². The maximum Gasteiger partial charge on any atom is 0.223 e. The zero-order valence-electron chi connectivity index (χ0n) is 34.0. The summed E-state index contributed by atoms with van der Waals surface area (Å²) in [4.78, 5) is 46.6. The van der Waals surface area contributed by atoms with E-state index < -0.39 is 6.17 Å². The quantitative estimate of drug-likeness (QED) is 0.106. The van der Waals surface area contributed by atoms with E-state index in [4.69, 9.17) is 9.97 Å². The summed E-state index contributed by atoms with van der Waals surface area (Å²) in [6.07, 6.45) is 5.89. The monoisotopic (exact) mass is 752 g/mol. The number of benzene rings is 3. The highest BCUT2D eigenvalue weighted by atomic mass is 19.1. The lowest BCUT2D eigenvalue weighted by molar-refractivity contribution is -0.134. The smallest absolute Gasteiger partial charge is 0.223 e. The molecule has 6 N–H and O–H groups in total. The van der Waals surface area contributed by atoms with Gasteiger partial charge in [-0.15, -0.1) is 0 Å². The number of nitrogens with zero attached hydrogens (tertiary/aromatic N) is 4.